The van der Waals surface area contributed by atoms with Crippen LogP contribution in [0.4, 0.5) is 5.82 Å². The molecule has 1 saturated heterocycles. The minimum atomic E-state index is -0.126. The van der Waals surface area contributed by atoms with Crippen LogP contribution < -0.4 is 16.3 Å². The Morgan fingerprint density at radius 3 is 2.70 bits per heavy atom. The van der Waals surface area contributed by atoms with E-state index in [1.807, 2.05) is 12.1 Å². The molecule has 0 radical (unpaired) electrons. The minimum absolute atomic E-state index is 0.00957. The molecule has 0 spiro atoms. The van der Waals surface area contributed by atoms with Crippen LogP contribution in [0.25, 0.3) is 10.9 Å². The van der Waals surface area contributed by atoms with Crippen LogP contribution in [0.15, 0.2) is 41.2 Å². The van der Waals surface area contributed by atoms with Crippen molar-refractivity contribution in [2.45, 2.75) is 43.9 Å². The molecule has 33 heavy (non-hydrogen) atoms. The Morgan fingerprint density at radius 2 is 1.85 bits per heavy atom. The Morgan fingerprint density at radius 1 is 1.03 bits per heavy atom. The number of piperazine rings is 1. The van der Waals surface area contributed by atoms with Gasteiger partial charge in [0, 0.05) is 48.9 Å². The van der Waals surface area contributed by atoms with Crippen LogP contribution in [-0.2, 0) is 19.3 Å². The SMILES string of the molecule is Nn1c(CCCCN2CCN(c3ccc4ccccc4n3)CC2)nc2c(c1=O)CC(Cl)CC2. The molecule has 1 fully saturated rings. The number of alkyl halides is 1. The Balaban J connectivity index is 1.10. The number of hydrogen-bond donors (Lipinski definition) is 1. The van der Waals surface area contributed by atoms with Crippen LogP contribution in [0.3, 0.4) is 0 Å². The maximum absolute atomic E-state index is 12.6. The van der Waals surface area contributed by atoms with E-state index in [9.17, 15) is 4.79 Å². The van der Waals surface area contributed by atoms with Gasteiger partial charge < -0.3 is 10.7 Å². The predicted molar refractivity (Wildman–Crippen MR) is 134 cm³/mol. The van der Waals surface area contributed by atoms with E-state index >= 15 is 0 Å². The van der Waals surface area contributed by atoms with Crippen molar-refractivity contribution in [3.05, 3.63) is 63.8 Å². The Kier molecular flexibility index (Phi) is 6.51. The topological polar surface area (TPSA) is 80.3 Å². The van der Waals surface area contributed by atoms with Gasteiger partial charge in [0.05, 0.1) is 11.2 Å². The van der Waals surface area contributed by atoms with E-state index in [0.29, 0.717) is 17.8 Å². The molecular formula is C25H31ClN6O. The van der Waals surface area contributed by atoms with Gasteiger partial charge in [-0.2, -0.15) is 0 Å². The zero-order valence-corrected chi connectivity index (χ0v) is 19.7. The number of aromatic nitrogens is 3. The largest absolute Gasteiger partial charge is 0.354 e. The number of halogens is 1. The van der Waals surface area contributed by atoms with Crippen LogP contribution in [0.5, 0.6) is 0 Å². The van der Waals surface area contributed by atoms with Gasteiger partial charge in [0.2, 0.25) is 0 Å². The van der Waals surface area contributed by atoms with Gasteiger partial charge in [0.15, 0.2) is 0 Å². The van der Waals surface area contributed by atoms with Crippen molar-refractivity contribution in [1.29, 1.82) is 0 Å². The van der Waals surface area contributed by atoms with Crippen molar-refractivity contribution in [3.63, 3.8) is 0 Å². The molecule has 7 nitrogen and oxygen atoms in total. The number of hydrogen-bond acceptors (Lipinski definition) is 6. The van der Waals surface area contributed by atoms with Crippen molar-refractivity contribution in [3.8, 4) is 0 Å². The van der Waals surface area contributed by atoms with Gasteiger partial charge in [-0.1, -0.05) is 18.2 Å². The molecule has 1 atom stereocenters. The minimum Gasteiger partial charge on any atom is -0.354 e. The molecule has 1 aromatic carbocycles. The maximum atomic E-state index is 12.6. The van der Waals surface area contributed by atoms with E-state index in [4.69, 9.17) is 27.4 Å². The van der Waals surface area contributed by atoms with Gasteiger partial charge in [0.1, 0.15) is 11.6 Å². The first-order valence-corrected chi connectivity index (χ1v) is 12.4. The number of unbranched alkanes of at least 4 members (excludes halogenated alkanes) is 1. The number of fused-ring (bicyclic) bond motifs is 2. The van der Waals surface area contributed by atoms with Crippen molar-refractivity contribution in [2.75, 3.05) is 43.5 Å². The van der Waals surface area contributed by atoms with E-state index in [0.717, 1.165) is 81.9 Å². The number of pyridine rings is 1. The Labute approximate surface area is 199 Å². The highest BCUT2D eigenvalue weighted by Gasteiger charge is 2.23. The molecule has 0 amide bonds. The van der Waals surface area contributed by atoms with Crippen molar-refractivity contribution in [1.82, 2.24) is 19.5 Å². The van der Waals surface area contributed by atoms with E-state index in [1.54, 1.807) is 0 Å². The second kappa shape index (κ2) is 9.69. The molecule has 174 valence electrons. The molecule has 0 bridgehead atoms. The summed E-state index contributed by atoms with van der Waals surface area (Å²) in [6.45, 7) is 5.09. The van der Waals surface area contributed by atoms with Gasteiger partial charge >= 0.3 is 0 Å². The summed E-state index contributed by atoms with van der Waals surface area (Å²) in [7, 11) is 0. The smallest absolute Gasteiger partial charge is 0.275 e. The molecular weight excluding hydrogens is 436 g/mol. The summed E-state index contributed by atoms with van der Waals surface area (Å²) >= 11 is 6.22. The number of rotatable bonds is 6. The molecule has 8 heteroatoms. The summed E-state index contributed by atoms with van der Waals surface area (Å²) in [5.74, 6) is 7.82. The standard InChI is InChI=1S/C25H31ClN6O/c26-19-9-10-22-20(17-19)25(33)32(27)24(29-22)7-3-4-12-30-13-15-31(16-14-30)23-11-8-18-5-1-2-6-21(18)28-23/h1-2,5-6,8,11,19H,3-4,7,9-10,12-17,27H2. The highest BCUT2D eigenvalue weighted by molar-refractivity contribution is 6.20. The van der Waals surface area contributed by atoms with Gasteiger partial charge in [-0.3, -0.25) is 9.69 Å². The number of para-hydroxylation sites is 1. The second-order valence-electron chi connectivity index (χ2n) is 9.12. The molecule has 3 heterocycles. The van der Waals surface area contributed by atoms with Crippen LogP contribution in [0.2, 0.25) is 0 Å². The fourth-order valence-corrected chi connectivity index (χ4v) is 5.18. The van der Waals surface area contributed by atoms with Gasteiger partial charge in [-0.25, -0.2) is 14.6 Å². The van der Waals surface area contributed by atoms with Gasteiger partial charge in [0.25, 0.3) is 5.56 Å². The molecule has 2 N–H and O–H groups in total. The van der Waals surface area contributed by atoms with Gasteiger partial charge in [-0.05, 0) is 56.8 Å². The maximum Gasteiger partial charge on any atom is 0.275 e. The van der Waals surface area contributed by atoms with Gasteiger partial charge in [-0.15, -0.1) is 11.6 Å². The fourth-order valence-electron chi connectivity index (χ4n) is 4.92. The molecule has 0 saturated carbocycles. The van der Waals surface area contributed by atoms with Crippen molar-refractivity contribution >= 4 is 28.3 Å². The fraction of sp³-hybridized carbons (Fsp3) is 0.480. The number of aryl methyl sites for hydroxylation is 2. The highest BCUT2D eigenvalue weighted by atomic mass is 35.5. The first-order chi connectivity index (χ1) is 16.1. The van der Waals surface area contributed by atoms with Crippen molar-refractivity contribution in [2.24, 2.45) is 0 Å². The predicted octanol–water partition coefficient (Wildman–Crippen LogP) is 2.75. The van der Waals surface area contributed by atoms with E-state index in [1.165, 1.54) is 10.1 Å². The molecule has 1 aliphatic heterocycles. The highest BCUT2D eigenvalue weighted by Crippen LogP contribution is 2.22. The lowest BCUT2D eigenvalue weighted by Gasteiger charge is -2.35. The molecule has 1 aliphatic carbocycles. The van der Waals surface area contributed by atoms with Crippen LogP contribution in [0, 0.1) is 0 Å². The average molecular weight is 467 g/mol. The van der Waals surface area contributed by atoms with Crippen LogP contribution >= 0.6 is 11.6 Å². The van der Waals surface area contributed by atoms with Crippen LogP contribution in [-0.4, -0.2) is 57.6 Å². The number of anilines is 1. The lowest BCUT2D eigenvalue weighted by atomic mass is 9.96. The summed E-state index contributed by atoms with van der Waals surface area (Å²) < 4.78 is 1.24. The molecule has 1 unspecified atom stereocenters. The lowest BCUT2D eigenvalue weighted by Crippen LogP contribution is -2.46. The third-order valence-electron chi connectivity index (χ3n) is 6.89. The lowest BCUT2D eigenvalue weighted by molar-refractivity contribution is 0.252. The molecule has 2 aliphatic rings. The summed E-state index contributed by atoms with van der Waals surface area (Å²) in [6, 6.07) is 12.5. The monoisotopic (exact) mass is 466 g/mol. The van der Waals surface area contributed by atoms with E-state index in [-0.39, 0.29) is 10.9 Å². The number of benzene rings is 1. The first-order valence-electron chi connectivity index (χ1n) is 11.9. The zero-order chi connectivity index (χ0) is 22.8. The second-order valence-corrected chi connectivity index (χ2v) is 9.73. The van der Waals surface area contributed by atoms with E-state index in [2.05, 4.69) is 34.1 Å². The Bertz CT molecular complexity index is 1190. The number of nitrogens with zero attached hydrogens (tertiary/aromatic N) is 5. The number of nitrogens with two attached hydrogens (primary N) is 1. The molecule has 2 aromatic heterocycles. The summed E-state index contributed by atoms with van der Waals surface area (Å²) in [6.07, 6.45) is 4.96. The molecule has 3 aromatic rings. The third kappa shape index (κ3) is 4.84. The Hall–Kier alpha value is -2.64. The molecule has 5 rings (SSSR count). The van der Waals surface area contributed by atoms with E-state index < -0.39 is 0 Å². The average Bonchev–Trinajstić information content (AvgIpc) is 2.85. The first kappa shape index (κ1) is 22.2. The van der Waals surface area contributed by atoms with Crippen LogP contribution in [0.1, 0.15) is 36.3 Å². The normalized spacial score (nSPS) is 19.1. The zero-order valence-electron chi connectivity index (χ0n) is 18.9. The summed E-state index contributed by atoms with van der Waals surface area (Å²) in [5.41, 5.74) is 2.52. The quantitative estimate of drug-likeness (QED) is 0.342. The summed E-state index contributed by atoms with van der Waals surface area (Å²) in [4.78, 5) is 27.0. The third-order valence-corrected chi connectivity index (χ3v) is 7.26. The van der Waals surface area contributed by atoms with Crippen molar-refractivity contribution < 1.29 is 0 Å². The number of nitrogen functional groups attached to an aromatic ring is 1. The summed E-state index contributed by atoms with van der Waals surface area (Å²) in [5, 5.41) is 1.19.